The van der Waals surface area contributed by atoms with E-state index in [0.29, 0.717) is 11.1 Å². The van der Waals surface area contributed by atoms with Gasteiger partial charge < -0.3 is 9.73 Å². The largest absolute Gasteiger partial charge is 0.456 e. The van der Waals surface area contributed by atoms with Crippen LogP contribution in [-0.2, 0) is 9.84 Å². The highest BCUT2D eigenvalue weighted by Gasteiger charge is 2.41. The minimum atomic E-state index is -3.33. The monoisotopic (exact) mass is 299 g/mol. The lowest BCUT2D eigenvalue weighted by Crippen LogP contribution is -2.43. The molecule has 110 valence electrons. The lowest BCUT2D eigenvalue weighted by Gasteiger charge is -2.30. The maximum Gasteiger partial charge on any atom is 0.169 e. The zero-order valence-electron chi connectivity index (χ0n) is 11.9. The Morgan fingerprint density at radius 2 is 2.00 bits per heavy atom. The number of hydrogen-bond acceptors (Lipinski definition) is 4. The second kappa shape index (κ2) is 4.86. The summed E-state index contributed by atoms with van der Waals surface area (Å²) in [6.07, 6.45) is 1.18. The van der Waals surface area contributed by atoms with E-state index in [9.17, 15) is 12.8 Å². The first kappa shape index (κ1) is 15.0. The normalized spacial score (nSPS) is 14.7. The molecule has 0 aliphatic carbocycles. The van der Waals surface area contributed by atoms with Crippen molar-refractivity contribution in [3.8, 4) is 0 Å². The van der Waals surface area contributed by atoms with Gasteiger partial charge in [0.25, 0.3) is 0 Å². The van der Waals surface area contributed by atoms with E-state index in [1.807, 2.05) is 0 Å². The van der Waals surface area contributed by atoms with Gasteiger partial charge in [0, 0.05) is 11.6 Å². The molecule has 0 spiro atoms. The van der Waals surface area contributed by atoms with E-state index < -0.39 is 26.4 Å². The van der Waals surface area contributed by atoms with Crippen molar-refractivity contribution in [2.45, 2.75) is 24.6 Å². The Labute approximate surface area is 117 Å². The van der Waals surface area contributed by atoms with Gasteiger partial charge >= 0.3 is 0 Å². The third-order valence-corrected chi connectivity index (χ3v) is 5.89. The molecule has 2 aromatic rings. The van der Waals surface area contributed by atoms with Crippen LogP contribution < -0.4 is 5.32 Å². The van der Waals surface area contributed by atoms with Crippen molar-refractivity contribution < 1.29 is 17.2 Å². The van der Waals surface area contributed by atoms with E-state index >= 15 is 0 Å². The predicted molar refractivity (Wildman–Crippen MR) is 76.9 cm³/mol. The number of hydrogen-bond donors (Lipinski definition) is 1. The first-order valence-electron chi connectivity index (χ1n) is 6.23. The second-order valence-electron chi connectivity index (χ2n) is 5.40. The van der Waals surface area contributed by atoms with Gasteiger partial charge in [0.05, 0.1) is 10.8 Å². The van der Waals surface area contributed by atoms with Crippen molar-refractivity contribution in [3.63, 3.8) is 0 Å². The number of fused-ring (bicyclic) bond motifs is 1. The lowest BCUT2D eigenvalue weighted by atomic mass is 10.0. The Balaban J connectivity index is 2.58. The van der Waals surface area contributed by atoms with Gasteiger partial charge in [-0.05, 0) is 33.0 Å². The summed E-state index contributed by atoms with van der Waals surface area (Å²) in [5.41, 5.74) is 0.145. The average molecular weight is 299 g/mol. The van der Waals surface area contributed by atoms with Crippen LogP contribution in [-0.4, -0.2) is 26.5 Å². The van der Waals surface area contributed by atoms with E-state index in [-0.39, 0.29) is 5.58 Å². The number of para-hydroxylation sites is 1. The summed E-state index contributed by atoms with van der Waals surface area (Å²) >= 11 is 0. The lowest BCUT2D eigenvalue weighted by molar-refractivity contribution is 0.377. The zero-order valence-corrected chi connectivity index (χ0v) is 12.7. The summed E-state index contributed by atoms with van der Waals surface area (Å²) in [7, 11) is -1.67. The van der Waals surface area contributed by atoms with Crippen LogP contribution in [0, 0.1) is 5.82 Å². The van der Waals surface area contributed by atoms with Crippen LogP contribution in [0.25, 0.3) is 11.0 Å². The molecular formula is C14H18FNO3S. The number of benzene rings is 1. The Kier molecular flexibility index (Phi) is 3.64. The van der Waals surface area contributed by atoms with E-state index in [4.69, 9.17) is 4.42 Å². The van der Waals surface area contributed by atoms with Crippen LogP contribution in [0.5, 0.6) is 0 Å². The topological polar surface area (TPSA) is 59.3 Å². The van der Waals surface area contributed by atoms with E-state index in [2.05, 4.69) is 5.32 Å². The van der Waals surface area contributed by atoms with Gasteiger partial charge in [0.1, 0.15) is 5.76 Å². The molecule has 1 unspecified atom stereocenters. The van der Waals surface area contributed by atoms with Gasteiger partial charge in [-0.2, -0.15) is 0 Å². The van der Waals surface area contributed by atoms with Gasteiger partial charge in [-0.1, -0.05) is 12.1 Å². The molecule has 4 nitrogen and oxygen atoms in total. The molecule has 1 N–H and O–H groups in total. The maximum absolute atomic E-state index is 13.7. The van der Waals surface area contributed by atoms with Crippen molar-refractivity contribution >= 4 is 20.8 Å². The van der Waals surface area contributed by atoms with Crippen LogP contribution in [0.4, 0.5) is 4.39 Å². The second-order valence-corrected chi connectivity index (χ2v) is 8.00. The molecule has 0 amide bonds. The number of nitrogens with one attached hydrogen (secondary N) is 1. The minimum absolute atomic E-state index is 0.145. The summed E-state index contributed by atoms with van der Waals surface area (Å²) in [6, 6.07) is 5.74. The van der Waals surface area contributed by atoms with Gasteiger partial charge in [-0.3, -0.25) is 0 Å². The van der Waals surface area contributed by atoms with Gasteiger partial charge in [0.15, 0.2) is 21.2 Å². The third-order valence-electron chi connectivity index (χ3n) is 3.74. The molecule has 20 heavy (non-hydrogen) atoms. The van der Waals surface area contributed by atoms with Crippen LogP contribution in [0.15, 0.2) is 28.7 Å². The van der Waals surface area contributed by atoms with Crippen LogP contribution in [0.2, 0.25) is 0 Å². The molecule has 6 heteroatoms. The molecule has 1 aromatic heterocycles. The molecule has 0 aliphatic rings. The number of sulfone groups is 1. The highest BCUT2D eigenvalue weighted by molar-refractivity contribution is 7.92. The Morgan fingerprint density at radius 1 is 1.35 bits per heavy atom. The summed E-state index contributed by atoms with van der Waals surface area (Å²) in [4.78, 5) is 0. The average Bonchev–Trinajstić information content (AvgIpc) is 2.73. The zero-order chi connectivity index (χ0) is 15.1. The number of halogens is 1. The van der Waals surface area contributed by atoms with E-state index in [1.165, 1.54) is 12.3 Å². The molecule has 0 radical (unpaired) electrons. The van der Waals surface area contributed by atoms with Crippen LogP contribution in [0.1, 0.15) is 25.6 Å². The third kappa shape index (κ3) is 2.33. The minimum Gasteiger partial charge on any atom is -0.456 e. The first-order valence-corrected chi connectivity index (χ1v) is 8.12. The molecule has 1 atom stereocenters. The van der Waals surface area contributed by atoms with Crippen LogP contribution >= 0.6 is 0 Å². The molecule has 2 rings (SSSR count). The fourth-order valence-corrected chi connectivity index (χ4v) is 2.90. The molecular weight excluding hydrogens is 281 g/mol. The smallest absolute Gasteiger partial charge is 0.169 e. The summed E-state index contributed by atoms with van der Waals surface area (Å²) in [5.74, 6) is -0.0520. The molecule has 0 fully saturated rings. The molecule has 0 saturated heterocycles. The summed E-state index contributed by atoms with van der Waals surface area (Å²) < 4.78 is 42.0. The fourth-order valence-electron chi connectivity index (χ4n) is 2.24. The standard InChI is InChI=1S/C14H18FNO3S/c1-14(2,20(4,17)18)13(16-3)11-8-9-6-5-7-10(15)12(9)19-11/h5-8,13,16H,1-4H3. The van der Waals surface area contributed by atoms with Crippen LogP contribution in [0.3, 0.4) is 0 Å². The highest BCUT2D eigenvalue weighted by Crippen LogP contribution is 2.35. The predicted octanol–water partition coefficient (Wildman–Crippen LogP) is 2.66. The highest BCUT2D eigenvalue weighted by atomic mass is 32.2. The summed E-state index contributed by atoms with van der Waals surface area (Å²) in [5, 5.41) is 3.57. The Hall–Kier alpha value is -1.40. The Morgan fingerprint density at radius 3 is 2.50 bits per heavy atom. The van der Waals surface area contributed by atoms with Gasteiger partial charge in [-0.25, -0.2) is 12.8 Å². The van der Waals surface area contributed by atoms with Crippen molar-refractivity contribution in [1.82, 2.24) is 5.32 Å². The van der Waals surface area contributed by atoms with Gasteiger partial charge in [0.2, 0.25) is 0 Å². The number of rotatable bonds is 4. The van der Waals surface area contributed by atoms with Crippen molar-refractivity contribution in [3.05, 3.63) is 35.8 Å². The van der Waals surface area contributed by atoms with Crippen molar-refractivity contribution in [2.75, 3.05) is 13.3 Å². The Bertz CT molecular complexity index is 734. The van der Waals surface area contributed by atoms with E-state index in [1.54, 1.807) is 39.1 Å². The van der Waals surface area contributed by atoms with Gasteiger partial charge in [-0.15, -0.1) is 0 Å². The molecule has 0 bridgehead atoms. The van der Waals surface area contributed by atoms with E-state index in [0.717, 1.165) is 0 Å². The van der Waals surface area contributed by atoms with Crippen molar-refractivity contribution in [2.24, 2.45) is 0 Å². The maximum atomic E-state index is 13.7. The van der Waals surface area contributed by atoms with Crippen molar-refractivity contribution in [1.29, 1.82) is 0 Å². The summed E-state index contributed by atoms with van der Waals surface area (Å²) in [6.45, 7) is 3.24. The molecule has 0 aliphatic heterocycles. The fraction of sp³-hybridized carbons (Fsp3) is 0.429. The molecule has 0 saturated carbocycles. The SMILES string of the molecule is CNC(c1cc2cccc(F)c2o1)C(C)(C)S(C)(=O)=O. The number of furan rings is 1. The molecule has 1 heterocycles. The first-order chi connectivity index (χ1) is 9.18. The quantitative estimate of drug-likeness (QED) is 0.943. The molecule has 1 aromatic carbocycles.